The Morgan fingerprint density at radius 2 is 2.05 bits per heavy atom. The van der Waals surface area contributed by atoms with Crippen molar-refractivity contribution in [3.63, 3.8) is 0 Å². The zero-order valence-corrected chi connectivity index (χ0v) is 12.9. The summed E-state index contributed by atoms with van der Waals surface area (Å²) in [6, 6.07) is 6.90. The molecule has 1 heterocycles. The first-order valence-electron chi connectivity index (χ1n) is 7.54. The molecule has 1 aliphatic heterocycles. The maximum atomic E-state index is 12.7. The summed E-state index contributed by atoms with van der Waals surface area (Å²) in [5, 5.41) is 2.61. The van der Waals surface area contributed by atoms with E-state index >= 15 is 0 Å². The number of ether oxygens (including phenoxy) is 1. The molecule has 0 unspecified atom stereocenters. The number of methoxy groups -OCH3 is 1. The van der Waals surface area contributed by atoms with Gasteiger partial charge in [-0.15, -0.1) is 0 Å². The molecule has 3 N–H and O–H groups in total. The van der Waals surface area contributed by atoms with Crippen molar-refractivity contribution in [2.75, 3.05) is 20.2 Å². The molecule has 0 aliphatic carbocycles. The number of benzene rings is 1. The van der Waals surface area contributed by atoms with E-state index in [0.29, 0.717) is 25.3 Å². The van der Waals surface area contributed by atoms with Gasteiger partial charge in [-0.1, -0.05) is 12.1 Å². The Kier molecular flexibility index (Phi) is 5.77. The Morgan fingerprint density at radius 3 is 2.68 bits per heavy atom. The number of likely N-dealkylation sites (tertiary alicyclic amines) is 1. The standard InChI is InChI=1S/C16H23N3O3/c1-22-11-12-5-7-13(8-6-12)15(20)19-9-3-2-4-14(19)10-18-16(17)21/h5-8,14H,2-4,9-11H2,1H3,(H3,17,18,21)/t14-/m0/s1. The van der Waals surface area contributed by atoms with E-state index < -0.39 is 6.03 Å². The van der Waals surface area contributed by atoms with Crippen molar-refractivity contribution in [3.8, 4) is 0 Å². The molecule has 0 saturated carbocycles. The van der Waals surface area contributed by atoms with Crippen LogP contribution in [0.1, 0.15) is 35.2 Å². The number of amides is 3. The molecule has 22 heavy (non-hydrogen) atoms. The van der Waals surface area contributed by atoms with Gasteiger partial charge in [0.1, 0.15) is 0 Å². The molecule has 0 aromatic heterocycles. The molecule has 2 rings (SSSR count). The number of carbonyl (C=O) groups is 2. The number of nitrogens with two attached hydrogens (primary N) is 1. The summed E-state index contributed by atoms with van der Waals surface area (Å²) in [7, 11) is 1.64. The lowest BCUT2D eigenvalue weighted by Crippen LogP contribution is -2.50. The largest absolute Gasteiger partial charge is 0.380 e. The minimum absolute atomic E-state index is 0.0000581. The van der Waals surface area contributed by atoms with Gasteiger partial charge in [0.05, 0.1) is 6.61 Å². The number of piperidine rings is 1. The van der Waals surface area contributed by atoms with Crippen LogP contribution in [0.4, 0.5) is 4.79 Å². The molecule has 120 valence electrons. The lowest BCUT2D eigenvalue weighted by Gasteiger charge is -2.35. The van der Waals surface area contributed by atoms with E-state index in [1.807, 2.05) is 29.2 Å². The van der Waals surface area contributed by atoms with Gasteiger partial charge in [0.2, 0.25) is 0 Å². The summed E-state index contributed by atoms with van der Waals surface area (Å²) in [4.78, 5) is 25.4. The van der Waals surface area contributed by atoms with Gasteiger partial charge in [-0.2, -0.15) is 0 Å². The van der Waals surface area contributed by atoms with Crippen LogP contribution in [0.25, 0.3) is 0 Å². The first kappa shape index (κ1) is 16.3. The van der Waals surface area contributed by atoms with Gasteiger partial charge in [-0.25, -0.2) is 4.79 Å². The Morgan fingerprint density at radius 1 is 1.32 bits per heavy atom. The molecule has 1 aromatic carbocycles. The van der Waals surface area contributed by atoms with Gasteiger partial charge < -0.3 is 20.7 Å². The molecule has 6 heteroatoms. The van der Waals surface area contributed by atoms with E-state index in [1.54, 1.807) is 7.11 Å². The van der Waals surface area contributed by atoms with Crippen LogP contribution in [0.5, 0.6) is 0 Å². The lowest BCUT2D eigenvalue weighted by molar-refractivity contribution is 0.0615. The zero-order chi connectivity index (χ0) is 15.9. The molecule has 1 aliphatic rings. The van der Waals surface area contributed by atoms with E-state index in [0.717, 1.165) is 24.8 Å². The number of carbonyl (C=O) groups excluding carboxylic acids is 2. The van der Waals surface area contributed by atoms with E-state index in [1.165, 1.54) is 0 Å². The summed E-state index contributed by atoms with van der Waals surface area (Å²) in [5.74, 6) is -0.0000581. The number of primary amides is 1. The highest BCUT2D eigenvalue weighted by Crippen LogP contribution is 2.19. The van der Waals surface area contributed by atoms with Crippen molar-refractivity contribution >= 4 is 11.9 Å². The number of rotatable bonds is 5. The summed E-state index contributed by atoms with van der Waals surface area (Å²) < 4.78 is 5.07. The van der Waals surface area contributed by atoms with Crippen LogP contribution < -0.4 is 11.1 Å². The van der Waals surface area contributed by atoms with Gasteiger partial charge in [0.25, 0.3) is 5.91 Å². The maximum Gasteiger partial charge on any atom is 0.312 e. The van der Waals surface area contributed by atoms with Gasteiger partial charge in [0.15, 0.2) is 0 Å². The second-order valence-corrected chi connectivity index (χ2v) is 5.52. The van der Waals surface area contributed by atoms with Crippen LogP contribution in [-0.2, 0) is 11.3 Å². The van der Waals surface area contributed by atoms with Crippen LogP contribution in [0.2, 0.25) is 0 Å². The predicted octanol–water partition coefficient (Wildman–Crippen LogP) is 1.50. The Labute approximate surface area is 130 Å². The minimum Gasteiger partial charge on any atom is -0.380 e. The fourth-order valence-corrected chi connectivity index (χ4v) is 2.77. The van der Waals surface area contributed by atoms with Gasteiger partial charge in [-0.3, -0.25) is 4.79 Å². The third-order valence-corrected chi connectivity index (χ3v) is 3.91. The van der Waals surface area contributed by atoms with Gasteiger partial charge in [-0.05, 0) is 37.0 Å². The minimum atomic E-state index is -0.554. The van der Waals surface area contributed by atoms with Crippen molar-refractivity contribution in [1.82, 2.24) is 10.2 Å². The Balaban J connectivity index is 2.05. The van der Waals surface area contributed by atoms with E-state index in [4.69, 9.17) is 10.5 Å². The number of hydrogen-bond donors (Lipinski definition) is 2. The zero-order valence-electron chi connectivity index (χ0n) is 12.9. The van der Waals surface area contributed by atoms with E-state index in [-0.39, 0.29) is 11.9 Å². The third kappa shape index (κ3) is 4.21. The SMILES string of the molecule is COCc1ccc(C(=O)N2CCCC[C@H]2CNC(N)=O)cc1. The molecule has 6 nitrogen and oxygen atoms in total. The monoisotopic (exact) mass is 305 g/mol. The number of hydrogen-bond acceptors (Lipinski definition) is 3. The normalized spacial score (nSPS) is 18.0. The quantitative estimate of drug-likeness (QED) is 0.864. The topological polar surface area (TPSA) is 84.7 Å². The highest BCUT2D eigenvalue weighted by molar-refractivity contribution is 5.94. The molecule has 3 amide bonds. The van der Waals surface area contributed by atoms with Crippen molar-refractivity contribution in [2.24, 2.45) is 5.73 Å². The van der Waals surface area contributed by atoms with Crippen LogP contribution in [0, 0.1) is 0 Å². The van der Waals surface area contributed by atoms with Crippen LogP contribution in [-0.4, -0.2) is 43.1 Å². The van der Waals surface area contributed by atoms with Gasteiger partial charge >= 0.3 is 6.03 Å². The smallest absolute Gasteiger partial charge is 0.312 e. The number of nitrogens with zero attached hydrogens (tertiary/aromatic N) is 1. The third-order valence-electron chi connectivity index (χ3n) is 3.91. The van der Waals surface area contributed by atoms with Gasteiger partial charge in [0, 0.05) is 31.8 Å². The fourth-order valence-electron chi connectivity index (χ4n) is 2.77. The fraction of sp³-hybridized carbons (Fsp3) is 0.500. The molecule has 0 spiro atoms. The Hall–Kier alpha value is -2.08. The summed E-state index contributed by atoms with van der Waals surface area (Å²) >= 11 is 0. The van der Waals surface area contributed by atoms with Crippen molar-refractivity contribution in [1.29, 1.82) is 0 Å². The van der Waals surface area contributed by atoms with Crippen molar-refractivity contribution in [3.05, 3.63) is 35.4 Å². The average molecular weight is 305 g/mol. The second-order valence-electron chi connectivity index (χ2n) is 5.52. The predicted molar refractivity (Wildman–Crippen MR) is 83.4 cm³/mol. The highest BCUT2D eigenvalue weighted by atomic mass is 16.5. The molecule has 0 bridgehead atoms. The van der Waals surface area contributed by atoms with Crippen molar-refractivity contribution < 1.29 is 14.3 Å². The molecule has 1 saturated heterocycles. The average Bonchev–Trinajstić information content (AvgIpc) is 2.53. The molecule has 1 atom stereocenters. The first-order valence-corrected chi connectivity index (χ1v) is 7.54. The summed E-state index contributed by atoms with van der Waals surface area (Å²) in [6.07, 6.45) is 2.93. The number of urea groups is 1. The summed E-state index contributed by atoms with van der Waals surface area (Å²) in [5.41, 5.74) is 6.81. The van der Waals surface area contributed by atoms with E-state index in [2.05, 4.69) is 5.32 Å². The van der Waals surface area contributed by atoms with Crippen LogP contribution in [0.15, 0.2) is 24.3 Å². The van der Waals surface area contributed by atoms with Crippen molar-refractivity contribution in [2.45, 2.75) is 31.9 Å². The Bertz CT molecular complexity index is 516. The molecule has 1 fully saturated rings. The molecule has 1 aromatic rings. The molecular formula is C16H23N3O3. The highest BCUT2D eigenvalue weighted by Gasteiger charge is 2.27. The lowest BCUT2D eigenvalue weighted by atomic mass is 10.0. The number of nitrogens with one attached hydrogen (secondary N) is 1. The molecule has 0 radical (unpaired) electrons. The first-order chi connectivity index (χ1) is 10.6. The maximum absolute atomic E-state index is 12.7. The second kappa shape index (κ2) is 7.79. The summed E-state index contributed by atoms with van der Waals surface area (Å²) in [6.45, 7) is 1.65. The molecular weight excluding hydrogens is 282 g/mol. The van der Waals surface area contributed by atoms with E-state index in [9.17, 15) is 9.59 Å². The van der Waals surface area contributed by atoms with Crippen LogP contribution in [0.3, 0.4) is 0 Å². The van der Waals surface area contributed by atoms with Crippen LogP contribution >= 0.6 is 0 Å².